The molecular weight excluding hydrogens is 288 g/mol. The number of carbonyl (C=O) groups is 1. The molecule has 1 aliphatic heterocycles. The Morgan fingerprint density at radius 2 is 2.04 bits per heavy atom. The molecule has 0 bridgehead atoms. The lowest BCUT2D eigenvalue weighted by Crippen LogP contribution is -2.45. The van der Waals surface area contributed by atoms with Crippen molar-refractivity contribution >= 4 is 5.91 Å². The second-order valence-electron chi connectivity index (χ2n) is 6.59. The number of hydrogen-bond acceptors (Lipinski definition) is 3. The van der Waals surface area contributed by atoms with E-state index in [1.54, 1.807) is 0 Å². The molecular formula is C19H28N2O2. The molecule has 1 amide bonds. The molecule has 1 atom stereocenters. The van der Waals surface area contributed by atoms with Gasteiger partial charge in [-0.15, -0.1) is 0 Å². The highest BCUT2D eigenvalue weighted by Crippen LogP contribution is 2.18. The average molecular weight is 316 g/mol. The topological polar surface area (TPSA) is 32.8 Å². The maximum Gasteiger partial charge on any atom is 0.253 e. The molecule has 0 unspecified atom stereocenters. The number of hydrogen-bond donors (Lipinski definition) is 0. The Kier molecular flexibility index (Phi) is 6.22. The molecule has 1 fully saturated rings. The lowest BCUT2D eigenvalue weighted by molar-refractivity contribution is 0.0717. The molecule has 0 aliphatic carbocycles. The summed E-state index contributed by atoms with van der Waals surface area (Å²) < 4.78 is 5.57. The van der Waals surface area contributed by atoms with E-state index in [2.05, 4.69) is 18.5 Å². The maximum atomic E-state index is 12.6. The first-order chi connectivity index (χ1) is 11.0. The summed E-state index contributed by atoms with van der Waals surface area (Å²) in [5.74, 6) is 0.828. The van der Waals surface area contributed by atoms with Crippen molar-refractivity contribution in [2.45, 2.75) is 32.2 Å². The Labute approximate surface area is 139 Å². The number of likely N-dealkylation sites (tertiary alicyclic amines) is 1. The second-order valence-corrected chi connectivity index (χ2v) is 6.59. The van der Waals surface area contributed by atoms with Crippen LogP contribution >= 0.6 is 0 Å². The van der Waals surface area contributed by atoms with Crippen molar-refractivity contribution in [3.05, 3.63) is 42.0 Å². The highest BCUT2D eigenvalue weighted by atomic mass is 16.5. The molecule has 2 rings (SSSR count). The van der Waals surface area contributed by atoms with Gasteiger partial charge in [-0.2, -0.15) is 0 Å². The summed E-state index contributed by atoms with van der Waals surface area (Å²) in [4.78, 5) is 16.7. The van der Waals surface area contributed by atoms with E-state index in [0.29, 0.717) is 18.2 Å². The first-order valence-electron chi connectivity index (χ1n) is 8.30. The normalized spacial score (nSPS) is 18.5. The fourth-order valence-electron chi connectivity index (χ4n) is 2.89. The molecule has 1 aromatic carbocycles. The molecule has 0 spiro atoms. The van der Waals surface area contributed by atoms with Crippen molar-refractivity contribution < 1.29 is 9.53 Å². The first kappa shape index (κ1) is 17.5. The van der Waals surface area contributed by atoms with Crippen LogP contribution in [0.25, 0.3) is 0 Å². The molecule has 23 heavy (non-hydrogen) atoms. The van der Waals surface area contributed by atoms with Gasteiger partial charge in [0.05, 0.1) is 0 Å². The van der Waals surface area contributed by atoms with E-state index in [1.807, 2.05) is 43.1 Å². The van der Waals surface area contributed by atoms with Gasteiger partial charge in [-0.3, -0.25) is 4.79 Å². The fourth-order valence-corrected chi connectivity index (χ4v) is 2.89. The van der Waals surface area contributed by atoms with Gasteiger partial charge in [0.25, 0.3) is 5.91 Å². The van der Waals surface area contributed by atoms with E-state index < -0.39 is 0 Å². The van der Waals surface area contributed by atoms with Crippen LogP contribution < -0.4 is 4.74 Å². The van der Waals surface area contributed by atoms with Crippen LogP contribution in [0.3, 0.4) is 0 Å². The number of amides is 1. The molecule has 126 valence electrons. The minimum atomic E-state index is 0.0652. The zero-order valence-corrected chi connectivity index (χ0v) is 14.5. The van der Waals surface area contributed by atoms with Crippen molar-refractivity contribution in [2.24, 2.45) is 0 Å². The van der Waals surface area contributed by atoms with Crippen molar-refractivity contribution in [1.29, 1.82) is 0 Å². The van der Waals surface area contributed by atoms with Crippen molar-refractivity contribution in [2.75, 3.05) is 33.8 Å². The summed E-state index contributed by atoms with van der Waals surface area (Å²) in [6.07, 6.45) is 3.68. The van der Waals surface area contributed by atoms with Crippen LogP contribution in [-0.4, -0.2) is 55.5 Å². The van der Waals surface area contributed by atoms with Gasteiger partial charge in [-0.25, -0.2) is 0 Å². The van der Waals surface area contributed by atoms with Crippen LogP contribution in [0.4, 0.5) is 0 Å². The first-order valence-corrected chi connectivity index (χ1v) is 8.30. The van der Waals surface area contributed by atoms with Crippen molar-refractivity contribution in [3.8, 4) is 5.75 Å². The molecule has 1 heterocycles. The Balaban J connectivity index is 1.92. The van der Waals surface area contributed by atoms with Gasteiger partial charge in [0.15, 0.2) is 0 Å². The molecule has 4 heteroatoms. The van der Waals surface area contributed by atoms with E-state index in [-0.39, 0.29) is 5.91 Å². The van der Waals surface area contributed by atoms with Crippen LogP contribution in [0, 0.1) is 0 Å². The van der Waals surface area contributed by atoms with E-state index in [0.717, 1.165) is 24.4 Å². The molecule has 4 nitrogen and oxygen atoms in total. The smallest absolute Gasteiger partial charge is 0.253 e. The van der Waals surface area contributed by atoms with Crippen LogP contribution in [0.1, 0.15) is 36.5 Å². The van der Waals surface area contributed by atoms with Gasteiger partial charge in [0.2, 0.25) is 0 Å². The lowest BCUT2D eigenvalue weighted by Gasteiger charge is -2.35. The quantitative estimate of drug-likeness (QED) is 0.756. The van der Waals surface area contributed by atoms with Gasteiger partial charge < -0.3 is 14.5 Å². The number of likely N-dealkylation sites (N-methyl/N-ethyl adjacent to an activating group) is 2. The van der Waals surface area contributed by atoms with Crippen LogP contribution in [0.5, 0.6) is 5.75 Å². The third kappa shape index (κ3) is 5.10. The Bertz CT molecular complexity index is 539. The summed E-state index contributed by atoms with van der Waals surface area (Å²) in [7, 11) is 4.03. The lowest BCUT2D eigenvalue weighted by atomic mass is 10.0. The molecule has 1 aliphatic rings. The summed E-state index contributed by atoms with van der Waals surface area (Å²) in [5.41, 5.74) is 1.68. The van der Waals surface area contributed by atoms with Crippen LogP contribution in [0.2, 0.25) is 0 Å². The zero-order valence-electron chi connectivity index (χ0n) is 14.5. The minimum absolute atomic E-state index is 0.0652. The number of benzene rings is 1. The van der Waals surface area contributed by atoms with Crippen molar-refractivity contribution in [3.63, 3.8) is 0 Å². The van der Waals surface area contributed by atoms with E-state index in [9.17, 15) is 4.79 Å². The molecule has 1 saturated heterocycles. The number of rotatable bonds is 6. The molecule has 0 N–H and O–H groups in total. The van der Waals surface area contributed by atoms with Gasteiger partial charge >= 0.3 is 0 Å². The van der Waals surface area contributed by atoms with E-state index in [1.165, 1.54) is 19.3 Å². The van der Waals surface area contributed by atoms with E-state index in [4.69, 9.17) is 4.74 Å². The maximum absolute atomic E-state index is 12.6. The standard InChI is InChI=1S/C19H28N2O2/c1-15(2)14-23-18-10-8-16(9-11-18)19(22)21(4)13-17-7-5-6-12-20(17)3/h8-11,17H,1,5-7,12-14H2,2-4H3/t17-/m0/s1. The third-order valence-corrected chi connectivity index (χ3v) is 4.34. The Morgan fingerprint density at radius 1 is 1.35 bits per heavy atom. The number of nitrogens with zero attached hydrogens (tertiary/aromatic N) is 2. The summed E-state index contributed by atoms with van der Waals surface area (Å²) in [6.45, 7) is 8.15. The molecule has 0 aromatic heterocycles. The third-order valence-electron chi connectivity index (χ3n) is 4.34. The zero-order chi connectivity index (χ0) is 16.8. The number of carbonyl (C=O) groups excluding carboxylic acids is 1. The number of ether oxygens (including phenoxy) is 1. The second kappa shape index (κ2) is 8.16. The number of piperidine rings is 1. The largest absolute Gasteiger partial charge is 0.489 e. The highest BCUT2D eigenvalue weighted by molar-refractivity contribution is 5.94. The minimum Gasteiger partial charge on any atom is -0.489 e. The molecule has 1 aromatic rings. The monoisotopic (exact) mass is 316 g/mol. The summed E-state index contributed by atoms with van der Waals surface area (Å²) >= 11 is 0. The Morgan fingerprint density at radius 3 is 2.65 bits per heavy atom. The van der Waals surface area contributed by atoms with Gasteiger partial charge in [0, 0.05) is 25.2 Å². The Hall–Kier alpha value is -1.81. The molecule has 0 saturated carbocycles. The fraction of sp³-hybridized carbons (Fsp3) is 0.526. The predicted molar refractivity (Wildman–Crippen MR) is 94.0 cm³/mol. The van der Waals surface area contributed by atoms with E-state index >= 15 is 0 Å². The average Bonchev–Trinajstić information content (AvgIpc) is 2.54. The summed E-state index contributed by atoms with van der Waals surface area (Å²) in [6, 6.07) is 7.82. The highest BCUT2D eigenvalue weighted by Gasteiger charge is 2.22. The van der Waals surface area contributed by atoms with Crippen molar-refractivity contribution in [1.82, 2.24) is 9.80 Å². The van der Waals surface area contributed by atoms with Gasteiger partial charge in [0.1, 0.15) is 12.4 Å². The summed E-state index contributed by atoms with van der Waals surface area (Å²) in [5, 5.41) is 0. The van der Waals surface area contributed by atoms with Gasteiger partial charge in [-0.1, -0.05) is 13.0 Å². The molecule has 0 radical (unpaired) electrons. The SMILES string of the molecule is C=C(C)COc1ccc(C(=O)N(C)C[C@@H]2CCCCN2C)cc1. The predicted octanol–water partition coefficient (Wildman–Crippen LogP) is 3.20. The van der Waals surface area contributed by atoms with Crippen LogP contribution in [0.15, 0.2) is 36.4 Å². The van der Waals surface area contributed by atoms with Crippen LogP contribution in [-0.2, 0) is 0 Å². The van der Waals surface area contributed by atoms with Gasteiger partial charge in [-0.05, 0) is 63.2 Å².